The molecule has 2 aromatic rings. The number of likely N-dealkylation sites (tertiary alicyclic amines) is 1. The van der Waals surface area contributed by atoms with E-state index in [0.717, 1.165) is 37.1 Å². The molecule has 0 aliphatic carbocycles. The Morgan fingerprint density at radius 3 is 2.37 bits per heavy atom. The summed E-state index contributed by atoms with van der Waals surface area (Å²) < 4.78 is 35.3. The molecule has 1 aliphatic heterocycles. The Balaban J connectivity index is 1.78. The number of likely N-dealkylation sites (N-methyl/N-ethyl adjacent to an activating group) is 1. The number of rotatable bonds is 12. The predicted octanol–water partition coefficient (Wildman–Crippen LogP) is 6.98. The zero-order chi connectivity index (χ0) is 30.6. The van der Waals surface area contributed by atoms with Crippen LogP contribution >= 0.6 is 23.2 Å². The van der Waals surface area contributed by atoms with Crippen LogP contribution in [0.3, 0.4) is 0 Å². The van der Waals surface area contributed by atoms with Crippen molar-refractivity contribution < 1.29 is 17.6 Å². The van der Waals surface area contributed by atoms with Crippen LogP contribution in [0.15, 0.2) is 42.5 Å². The lowest BCUT2D eigenvalue weighted by molar-refractivity contribution is -0.131. The molecule has 7 nitrogen and oxygen atoms in total. The Morgan fingerprint density at radius 1 is 1.10 bits per heavy atom. The highest BCUT2D eigenvalue weighted by atomic mass is 35.5. The van der Waals surface area contributed by atoms with Gasteiger partial charge < -0.3 is 14.2 Å². The molecule has 1 fully saturated rings. The third kappa shape index (κ3) is 9.69. The summed E-state index contributed by atoms with van der Waals surface area (Å²) in [7, 11) is -3.97. The molecule has 0 saturated carbocycles. The van der Waals surface area contributed by atoms with Gasteiger partial charge in [0.1, 0.15) is 0 Å². The molecule has 1 amide bonds. The summed E-state index contributed by atoms with van der Waals surface area (Å²) in [6.07, 6.45) is 2.00. The quantitative estimate of drug-likeness (QED) is 0.253. The second kappa shape index (κ2) is 13.8. The third-order valence-corrected chi connectivity index (χ3v) is 14.9. The lowest BCUT2D eigenvalue weighted by atomic mass is 10.0. The minimum atomic E-state index is -3.67. The van der Waals surface area contributed by atoms with Gasteiger partial charge in [-0.3, -0.25) is 9.52 Å². The molecule has 1 heterocycles. The average molecular weight is 643 g/mol. The highest BCUT2D eigenvalue weighted by Crippen LogP contribution is 2.37. The minimum absolute atomic E-state index is 0.0135. The van der Waals surface area contributed by atoms with Gasteiger partial charge in [0.2, 0.25) is 15.9 Å². The van der Waals surface area contributed by atoms with Crippen LogP contribution in [0.4, 0.5) is 5.69 Å². The molecule has 1 aliphatic rings. The second-order valence-corrected chi connectivity index (χ2v) is 20.0. The van der Waals surface area contributed by atoms with E-state index in [9.17, 15) is 13.2 Å². The Bertz CT molecular complexity index is 1310. The zero-order valence-corrected chi connectivity index (χ0v) is 28.7. The van der Waals surface area contributed by atoms with Crippen molar-refractivity contribution in [3.63, 3.8) is 0 Å². The first kappa shape index (κ1) is 33.9. The lowest BCUT2D eigenvalue weighted by Gasteiger charge is -2.38. The van der Waals surface area contributed by atoms with Gasteiger partial charge in [0.25, 0.3) is 0 Å². The van der Waals surface area contributed by atoms with Crippen molar-refractivity contribution in [1.82, 2.24) is 9.80 Å². The first-order valence-electron chi connectivity index (χ1n) is 14.2. The van der Waals surface area contributed by atoms with Crippen LogP contribution in [0.2, 0.25) is 28.2 Å². The molecule has 1 saturated heterocycles. The SMILES string of the molecule is CC(CS(=O)(=O)Nc1cccc(C(CN2CCCC2)N(C)C(=O)Cc2ccc(Cl)c(Cl)c2)c1)O[Si](C)(C)C(C)(C)C. The smallest absolute Gasteiger partial charge is 0.235 e. The number of sulfonamides is 1. The summed E-state index contributed by atoms with van der Waals surface area (Å²) in [5.74, 6) is -0.196. The Labute approximate surface area is 257 Å². The van der Waals surface area contributed by atoms with Gasteiger partial charge in [-0.1, -0.05) is 62.2 Å². The number of hydrogen-bond donors (Lipinski definition) is 1. The first-order chi connectivity index (χ1) is 19.0. The number of anilines is 1. The molecule has 0 aromatic heterocycles. The van der Waals surface area contributed by atoms with E-state index in [0.29, 0.717) is 22.3 Å². The Hall–Kier alpha value is -1.62. The van der Waals surface area contributed by atoms with Gasteiger partial charge in [-0.05, 0) is 86.4 Å². The predicted molar refractivity (Wildman–Crippen MR) is 173 cm³/mol. The van der Waals surface area contributed by atoms with Crippen LogP contribution in [-0.4, -0.2) is 71.0 Å². The van der Waals surface area contributed by atoms with Crippen molar-refractivity contribution in [1.29, 1.82) is 0 Å². The maximum Gasteiger partial charge on any atom is 0.235 e. The number of hydrogen-bond acceptors (Lipinski definition) is 5. The summed E-state index contributed by atoms with van der Waals surface area (Å²) in [5, 5.41) is 0.848. The molecule has 2 aromatic carbocycles. The summed E-state index contributed by atoms with van der Waals surface area (Å²) in [5.41, 5.74) is 2.12. The van der Waals surface area contributed by atoms with Crippen LogP contribution in [0.1, 0.15) is 57.7 Å². The molecule has 0 bridgehead atoms. The van der Waals surface area contributed by atoms with Gasteiger partial charge in [-0.15, -0.1) is 0 Å². The standard InChI is InChI=1S/C30H45Cl2N3O4SSi/c1-22(39-41(6,7)30(2,3)4)21-40(37,38)33-25-12-10-11-24(19-25)28(20-35-15-8-9-16-35)34(5)29(36)18-23-13-14-26(31)27(32)17-23/h10-14,17,19,22,28,33H,8-9,15-16,18,20-21H2,1-7H3. The molecule has 41 heavy (non-hydrogen) atoms. The zero-order valence-electron chi connectivity index (χ0n) is 25.3. The molecule has 3 rings (SSSR count). The Kier molecular flexibility index (Phi) is 11.4. The number of carbonyl (C=O) groups is 1. The molecule has 0 spiro atoms. The van der Waals surface area contributed by atoms with Crippen LogP contribution in [-0.2, 0) is 25.7 Å². The maximum absolute atomic E-state index is 13.4. The molecular formula is C30H45Cl2N3O4SSi. The Morgan fingerprint density at radius 2 is 1.76 bits per heavy atom. The largest absolute Gasteiger partial charge is 0.413 e. The van der Waals surface area contributed by atoms with Crippen LogP contribution < -0.4 is 4.72 Å². The minimum Gasteiger partial charge on any atom is -0.413 e. The van der Waals surface area contributed by atoms with Crippen molar-refractivity contribution in [2.45, 2.75) is 77.2 Å². The van der Waals surface area contributed by atoms with Crippen molar-refractivity contribution >= 4 is 53.1 Å². The van der Waals surface area contributed by atoms with E-state index >= 15 is 0 Å². The fourth-order valence-corrected chi connectivity index (χ4v) is 7.98. The van der Waals surface area contributed by atoms with E-state index in [1.807, 2.05) is 25.1 Å². The summed E-state index contributed by atoms with van der Waals surface area (Å²) >= 11 is 12.2. The van der Waals surface area contributed by atoms with Crippen LogP contribution in [0.5, 0.6) is 0 Å². The number of amides is 1. The highest BCUT2D eigenvalue weighted by molar-refractivity contribution is 7.92. The fourth-order valence-electron chi connectivity index (χ4n) is 4.84. The first-order valence-corrected chi connectivity index (χ1v) is 19.5. The number of halogens is 2. The van der Waals surface area contributed by atoms with E-state index in [-0.39, 0.29) is 29.2 Å². The summed E-state index contributed by atoms with van der Waals surface area (Å²) in [6, 6.07) is 12.3. The topological polar surface area (TPSA) is 79.0 Å². The normalized spacial score (nSPS) is 16.4. The van der Waals surface area contributed by atoms with E-state index in [2.05, 4.69) is 43.5 Å². The number of carbonyl (C=O) groups excluding carboxylic acids is 1. The van der Waals surface area contributed by atoms with Crippen LogP contribution in [0.25, 0.3) is 0 Å². The van der Waals surface area contributed by atoms with Crippen molar-refractivity contribution in [2.75, 3.05) is 37.2 Å². The molecule has 2 unspecified atom stereocenters. The lowest BCUT2D eigenvalue weighted by Crippen LogP contribution is -2.45. The summed E-state index contributed by atoms with van der Waals surface area (Å²) in [4.78, 5) is 17.5. The van der Waals surface area contributed by atoms with Gasteiger partial charge in [0, 0.05) is 19.3 Å². The van der Waals surface area contributed by atoms with Crippen LogP contribution in [0, 0.1) is 0 Å². The third-order valence-electron chi connectivity index (χ3n) is 8.13. The van der Waals surface area contributed by atoms with Crippen molar-refractivity contribution in [2.24, 2.45) is 0 Å². The highest BCUT2D eigenvalue weighted by Gasteiger charge is 2.39. The number of benzene rings is 2. The molecule has 11 heteroatoms. The average Bonchev–Trinajstić information content (AvgIpc) is 3.36. The van der Waals surface area contributed by atoms with E-state index < -0.39 is 24.4 Å². The van der Waals surface area contributed by atoms with E-state index in [1.54, 1.807) is 36.2 Å². The molecule has 228 valence electrons. The number of nitrogens with one attached hydrogen (secondary N) is 1. The molecule has 2 atom stereocenters. The van der Waals surface area contributed by atoms with Gasteiger partial charge in [0.05, 0.1) is 34.4 Å². The van der Waals surface area contributed by atoms with Crippen molar-refractivity contribution in [3.05, 3.63) is 63.6 Å². The molecular weight excluding hydrogens is 597 g/mol. The van der Waals surface area contributed by atoms with Gasteiger partial charge in [-0.25, -0.2) is 8.42 Å². The molecule has 0 radical (unpaired) electrons. The van der Waals surface area contributed by atoms with E-state index in [1.165, 1.54) is 0 Å². The van der Waals surface area contributed by atoms with E-state index in [4.69, 9.17) is 27.6 Å². The van der Waals surface area contributed by atoms with Gasteiger partial charge in [0.15, 0.2) is 8.32 Å². The fraction of sp³-hybridized carbons (Fsp3) is 0.567. The maximum atomic E-state index is 13.4. The monoisotopic (exact) mass is 641 g/mol. The summed E-state index contributed by atoms with van der Waals surface area (Å²) in [6.45, 7) is 15.1. The van der Waals surface area contributed by atoms with Crippen molar-refractivity contribution in [3.8, 4) is 0 Å². The number of nitrogens with zero attached hydrogens (tertiary/aromatic N) is 2. The van der Waals surface area contributed by atoms with Gasteiger partial charge in [-0.2, -0.15) is 0 Å². The van der Waals surface area contributed by atoms with Gasteiger partial charge >= 0.3 is 0 Å². The second-order valence-electron chi connectivity index (χ2n) is 12.7. The molecule has 1 N–H and O–H groups in total.